The highest BCUT2D eigenvalue weighted by atomic mass is 16.5. The number of benzene rings is 2. The second kappa shape index (κ2) is 7.92. The number of nitrogens with one attached hydrogen (secondary N) is 1. The number of anilines is 1. The molecule has 1 N–H and O–H groups in total. The van der Waals surface area contributed by atoms with Crippen LogP contribution in [0.5, 0.6) is 5.75 Å². The molecular formula is C18H17NO5. The molecule has 6 nitrogen and oxygen atoms in total. The Balaban J connectivity index is 1.91. The molecule has 6 heteroatoms. The number of Topliss-reactive ketones (excluding diaryl/α,β-unsaturated/α-hetero) is 1. The highest BCUT2D eigenvalue weighted by Gasteiger charge is 2.12. The molecule has 0 radical (unpaired) electrons. The fourth-order valence-corrected chi connectivity index (χ4v) is 1.97. The van der Waals surface area contributed by atoms with Crippen molar-refractivity contribution in [2.75, 3.05) is 19.0 Å². The second-order valence-electron chi connectivity index (χ2n) is 4.99. The Morgan fingerprint density at radius 1 is 0.917 bits per heavy atom. The first kappa shape index (κ1) is 17.2. The summed E-state index contributed by atoms with van der Waals surface area (Å²) in [5, 5.41) is 2.61. The van der Waals surface area contributed by atoms with Gasteiger partial charge in [0.1, 0.15) is 5.75 Å². The zero-order valence-electron chi connectivity index (χ0n) is 13.4. The van der Waals surface area contributed by atoms with Crippen LogP contribution in [0, 0.1) is 0 Å². The lowest BCUT2D eigenvalue weighted by molar-refractivity contribution is -0.114. The summed E-state index contributed by atoms with van der Waals surface area (Å²) in [7, 11) is 1.53. The molecule has 0 atom stereocenters. The highest BCUT2D eigenvalue weighted by molar-refractivity contribution is 6.00. The van der Waals surface area contributed by atoms with Gasteiger partial charge in [0.15, 0.2) is 12.4 Å². The molecule has 0 aromatic heterocycles. The molecule has 2 rings (SSSR count). The van der Waals surface area contributed by atoms with E-state index in [4.69, 9.17) is 9.47 Å². The lowest BCUT2D eigenvalue weighted by Crippen LogP contribution is -2.14. The van der Waals surface area contributed by atoms with Crippen molar-refractivity contribution in [3.8, 4) is 5.75 Å². The minimum absolute atomic E-state index is 0.192. The highest BCUT2D eigenvalue weighted by Crippen LogP contribution is 2.13. The number of amides is 1. The van der Waals surface area contributed by atoms with E-state index in [1.165, 1.54) is 14.0 Å². The average Bonchev–Trinajstić information content (AvgIpc) is 2.59. The van der Waals surface area contributed by atoms with Crippen molar-refractivity contribution in [1.29, 1.82) is 0 Å². The molecule has 0 aliphatic rings. The molecule has 1 amide bonds. The van der Waals surface area contributed by atoms with Crippen molar-refractivity contribution < 1.29 is 23.9 Å². The molecule has 24 heavy (non-hydrogen) atoms. The number of hydrogen-bond donors (Lipinski definition) is 1. The van der Waals surface area contributed by atoms with Crippen LogP contribution >= 0.6 is 0 Å². The van der Waals surface area contributed by atoms with E-state index in [-0.39, 0.29) is 18.3 Å². The second-order valence-corrected chi connectivity index (χ2v) is 4.99. The fourth-order valence-electron chi connectivity index (χ4n) is 1.97. The molecule has 0 bridgehead atoms. The summed E-state index contributed by atoms with van der Waals surface area (Å²) in [6.45, 7) is 1.04. The minimum Gasteiger partial charge on any atom is -0.497 e. The Bertz CT molecular complexity index is 735. The predicted molar refractivity (Wildman–Crippen MR) is 88.4 cm³/mol. The van der Waals surface area contributed by atoms with Crippen LogP contribution in [0.1, 0.15) is 27.6 Å². The third-order valence-electron chi connectivity index (χ3n) is 3.19. The summed E-state index contributed by atoms with van der Waals surface area (Å²) in [5.74, 6) is -0.475. The summed E-state index contributed by atoms with van der Waals surface area (Å²) in [6, 6.07) is 12.8. The van der Waals surface area contributed by atoms with Gasteiger partial charge in [0.25, 0.3) is 0 Å². The Morgan fingerprint density at radius 2 is 1.50 bits per heavy atom. The van der Waals surface area contributed by atoms with E-state index in [9.17, 15) is 14.4 Å². The summed E-state index contributed by atoms with van der Waals surface area (Å²) >= 11 is 0. The van der Waals surface area contributed by atoms with E-state index in [1.807, 2.05) is 0 Å². The average molecular weight is 327 g/mol. The van der Waals surface area contributed by atoms with Gasteiger partial charge in [-0.1, -0.05) is 0 Å². The third kappa shape index (κ3) is 4.67. The molecule has 0 saturated heterocycles. The Morgan fingerprint density at radius 3 is 2.04 bits per heavy atom. The molecule has 2 aromatic rings. The maximum absolute atomic E-state index is 12.0. The van der Waals surface area contributed by atoms with Gasteiger partial charge in [-0.05, 0) is 48.5 Å². The van der Waals surface area contributed by atoms with E-state index >= 15 is 0 Å². The Labute approximate surface area is 139 Å². The first-order valence-corrected chi connectivity index (χ1v) is 7.21. The van der Waals surface area contributed by atoms with Crippen molar-refractivity contribution in [3.05, 3.63) is 59.7 Å². The number of esters is 1. The van der Waals surface area contributed by atoms with Crippen molar-refractivity contribution >= 4 is 23.3 Å². The molecule has 0 aliphatic carbocycles. The van der Waals surface area contributed by atoms with Crippen molar-refractivity contribution in [3.63, 3.8) is 0 Å². The summed E-state index contributed by atoms with van der Waals surface area (Å²) in [6.07, 6.45) is 0. The number of rotatable bonds is 6. The topological polar surface area (TPSA) is 81.7 Å². The zero-order chi connectivity index (χ0) is 17.5. The first-order chi connectivity index (χ1) is 11.5. The molecule has 0 aliphatic heterocycles. The van der Waals surface area contributed by atoms with Gasteiger partial charge in [0.05, 0.1) is 12.7 Å². The Hall–Kier alpha value is -3.15. The van der Waals surface area contributed by atoms with Gasteiger partial charge in [-0.3, -0.25) is 9.59 Å². The molecular weight excluding hydrogens is 310 g/mol. The zero-order valence-corrected chi connectivity index (χ0v) is 13.4. The monoisotopic (exact) mass is 327 g/mol. The van der Waals surface area contributed by atoms with Crippen LogP contribution in [0.3, 0.4) is 0 Å². The standard InChI is InChI=1S/C18H17NO5/c1-12(20)19-15-7-3-13(4-8-15)17(21)11-24-18(22)14-5-9-16(23-2)10-6-14/h3-10H,11H2,1-2H3,(H,19,20). The normalized spacial score (nSPS) is 9.92. The molecule has 0 fully saturated rings. The predicted octanol–water partition coefficient (Wildman–Crippen LogP) is 2.69. The number of carbonyl (C=O) groups is 3. The van der Waals surface area contributed by atoms with Crippen LogP contribution < -0.4 is 10.1 Å². The van der Waals surface area contributed by atoms with Crippen LogP contribution in [0.2, 0.25) is 0 Å². The molecule has 0 unspecified atom stereocenters. The quantitative estimate of drug-likeness (QED) is 0.651. The van der Waals surface area contributed by atoms with E-state index in [1.54, 1.807) is 48.5 Å². The molecule has 124 valence electrons. The number of hydrogen-bond acceptors (Lipinski definition) is 5. The summed E-state index contributed by atoms with van der Waals surface area (Å²) in [4.78, 5) is 34.9. The minimum atomic E-state index is -0.583. The van der Waals surface area contributed by atoms with E-state index < -0.39 is 5.97 Å². The molecule has 0 saturated carbocycles. The van der Waals surface area contributed by atoms with Crippen LogP contribution in [-0.4, -0.2) is 31.4 Å². The number of ketones is 1. The van der Waals surface area contributed by atoms with Gasteiger partial charge in [0, 0.05) is 18.2 Å². The van der Waals surface area contributed by atoms with Crippen molar-refractivity contribution in [2.45, 2.75) is 6.92 Å². The number of methoxy groups -OCH3 is 1. The number of ether oxygens (including phenoxy) is 2. The van der Waals surface area contributed by atoms with E-state index in [0.29, 0.717) is 22.6 Å². The molecule has 0 spiro atoms. The largest absolute Gasteiger partial charge is 0.497 e. The van der Waals surface area contributed by atoms with E-state index in [2.05, 4.69) is 5.32 Å². The van der Waals surface area contributed by atoms with Gasteiger partial charge in [-0.2, -0.15) is 0 Å². The van der Waals surface area contributed by atoms with E-state index in [0.717, 1.165) is 0 Å². The van der Waals surface area contributed by atoms with Crippen LogP contribution in [-0.2, 0) is 9.53 Å². The van der Waals surface area contributed by atoms with Crippen molar-refractivity contribution in [1.82, 2.24) is 0 Å². The first-order valence-electron chi connectivity index (χ1n) is 7.21. The Kier molecular flexibility index (Phi) is 5.68. The smallest absolute Gasteiger partial charge is 0.338 e. The van der Waals surface area contributed by atoms with Crippen molar-refractivity contribution in [2.24, 2.45) is 0 Å². The fraction of sp³-hybridized carbons (Fsp3) is 0.167. The third-order valence-corrected chi connectivity index (χ3v) is 3.19. The molecule has 0 heterocycles. The van der Waals surface area contributed by atoms with Gasteiger partial charge in [0.2, 0.25) is 5.91 Å². The van der Waals surface area contributed by atoms with Gasteiger partial charge >= 0.3 is 5.97 Å². The van der Waals surface area contributed by atoms with Crippen LogP contribution in [0.4, 0.5) is 5.69 Å². The van der Waals surface area contributed by atoms with Gasteiger partial charge in [-0.25, -0.2) is 4.79 Å². The lowest BCUT2D eigenvalue weighted by atomic mass is 10.1. The lowest BCUT2D eigenvalue weighted by Gasteiger charge is -2.06. The maximum Gasteiger partial charge on any atom is 0.338 e. The van der Waals surface area contributed by atoms with Gasteiger partial charge < -0.3 is 14.8 Å². The maximum atomic E-state index is 12.0. The van der Waals surface area contributed by atoms with Crippen LogP contribution in [0.25, 0.3) is 0 Å². The molecule has 2 aromatic carbocycles. The number of carbonyl (C=O) groups excluding carboxylic acids is 3. The van der Waals surface area contributed by atoms with Crippen LogP contribution in [0.15, 0.2) is 48.5 Å². The van der Waals surface area contributed by atoms with Gasteiger partial charge in [-0.15, -0.1) is 0 Å². The summed E-state index contributed by atoms with van der Waals surface area (Å²) < 4.78 is 10.0. The summed E-state index contributed by atoms with van der Waals surface area (Å²) in [5.41, 5.74) is 1.32. The SMILES string of the molecule is COc1ccc(C(=O)OCC(=O)c2ccc(NC(C)=O)cc2)cc1.